The number of carbonyl (C=O) groups excluding carboxylic acids is 5. The molecule has 2 heterocycles. The van der Waals surface area contributed by atoms with Gasteiger partial charge in [0.2, 0.25) is 23.6 Å². The van der Waals surface area contributed by atoms with Gasteiger partial charge in [0.25, 0.3) is 5.91 Å². The summed E-state index contributed by atoms with van der Waals surface area (Å²) in [6, 6.07) is 21.3. The third-order valence-electron chi connectivity index (χ3n) is 8.65. The standard InChI is InChI=1S/C38H44N6O6/c1-24(2)35-38(49)44(3)22-34(46)41-27(19-25-11-5-4-6-12-25)23-50-32-16-10-8-14-29(32)36(47)42-31(20-33(45)43-35)37(48)39-18-17-26-21-40-30-15-9-7-13-28(26)30/h4-16,21,24,27,31,35,40H,17-20,22-23H2,1-3H3,(H,39,48)(H,41,46)(H,42,47)(H,43,45)/t27-,31+,35+/m1/s1. The number of nitrogens with one attached hydrogen (secondary N) is 5. The third-order valence-corrected chi connectivity index (χ3v) is 8.65. The summed E-state index contributed by atoms with van der Waals surface area (Å²) in [4.78, 5) is 72.0. The first-order valence-corrected chi connectivity index (χ1v) is 16.8. The summed E-state index contributed by atoms with van der Waals surface area (Å²) in [6.07, 6.45) is 2.43. The summed E-state index contributed by atoms with van der Waals surface area (Å²) in [5.41, 5.74) is 3.12. The van der Waals surface area contributed by atoms with E-state index in [4.69, 9.17) is 4.74 Å². The highest BCUT2D eigenvalue weighted by Crippen LogP contribution is 2.20. The van der Waals surface area contributed by atoms with Crippen molar-refractivity contribution in [2.45, 2.75) is 51.2 Å². The number of amides is 5. The van der Waals surface area contributed by atoms with Gasteiger partial charge in [0.1, 0.15) is 24.4 Å². The topological polar surface area (TPSA) is 162 Å². The van der Waals surface area contributed by atoms with Crippen molar-refractivity contribution in [2.24, 2.45) is 5.92 Å². The molecule has 50 heavy (non-hydrogen) atoms. The lowest BCUT2D eigenvalue weighted by molar-refractivity contribution is -0.139. The zero-order valence-corrected chi connectivity index (χ0v) is 28.5. The molecule has 0 saturated heterocycles. The Morgan fingerprint density at radius 1 is 0.900 bits per heavy atom. The van der Waals surface area contributed by atoms with E-state index >= 15 is 0 Å². The Morgan fingerprint density at radius 2 is 1.62 bits per heavy atom. The number of hydrogen-bond acceptors (Lipinski definition) is 6. The average Bonchev–Trinajstić information content (AvgIpc) is 3.51. The Balaban J connectivity index is 1.39. The van der Waals surface area contributed by atoms with Crippen LogP contribution < -0.4 is 26.0 Å². The number of rotatable bonds is 7. The fourth-order valence-corrected chi connectivity index (χ4v) is 5.98. The minimum atomic E-state index is -1.26. The minimum absolute atomic E-state index is 0.0228. The normalized spacial score (nSPS) is 19.5. The Morgan fingerprint density at radius 3 is 2.40 bits per heavy atom. The zero-order chi connectivity index (χ0) is 35.6. The van der Waals surface area contributed by atoms with Crippen LogP contribution in [0.1, 0.15) is 41.8 Å². The van der Waals surface area contributed by atoms with Crippen molar-refractivity contribution in [2.75, 3.05) is 26.7 Å². The van der Waals surface area contributed by atoms with Crippen molar-refractivity contribution < 1.29 is 28.7 Å². The van der Waals surface area contributed by atoms with Crippen LogP contribution in [0.3, 0.4) is 0 Å². The van der Waals surface area contributed by atoms with Gasteiger partial charge in [-0.3, -0.25) is 24.0 Å². The largest absolute Gasteiger partial charge is 0.491 e. The number of aromatic nitrogens is 1. The van der Waals surface area contributed by atoms with Crippen LogP contribution in [0.5, 0.6) is 5.75 Å². The minimum Gasteiger partial charge on any atom is -0.491 e. The molecule has 1 aliphatic heterocycles. The molecule has 0 bridgehead atoms. The molecule has 12 heteroatoms. The number of hydrogen-bond donors (Lipinski definition) is 5. The van der Waals surface area contributed by atoms with Gasteiger partial charge in [0.05, 0.1) is 24.6 Å². The van der Waals surface area contributed by atoms with E-state index in [-0.39, 0.29) is 36.9 Å². The molecule has 5 rings (SSSR count). The first-order valence-electron chi connectivity index (χ1n) is 16.8. The molecule has 0 fully saturated rings. The van der Waals surface area contributed by atoms with Crippen LogP contribution >= 0.6 is 0 Å². The van der Waals surface area contributed by atoms with Crippen LogP contribution in [0.25, 0.3) is 10.9 Å². The first-order chi connectivity index (χ1) is 24.1. The van der Waals surface area contributed by atoms with Crippen LogP contribution in [0.15, 0.2) is 85.1 Å². The quantitative estimate of drug-likeness (QED) is 0.202. The van der Waals surface area contributed by atoms with Gasteiger partial charge in [-0.05, 0) is 48.1 Å². The van der Waals surface area contributed by atoms with E-state index in [9.17, 15) is 24.0 Å². The van der Waals surface area contributed by atoms with E-state index in [1.54, 1.807) is 38.1 Å². The summed E-state index contributed by atoms with van der Waals surface area (Å²) in [5.74, 6) is -2.72. The molecule has 0 saturated carbocycles. The van der Waals surface area contributed by atoms with E-state index in [1.807, 2.05) is 60.8 Å². The summed E-state index contributed by atoms with van der Waals surface area (Å²) < 4.78 is 6.13. The lowest BCUT2D eigenvalue weighted by Crippen LogP contribution is -2.54. The molecule has 0 unspecified atom stereocenters. The van der Waals surface area contributed by atoms with Crippen LogP contribution in [-0.4, -0.2) is 84.3 Å². The van der Waals surface area contributed by atoms with Crippen LogP contribution in [-0.2, 0) is 32.0 Å². The highest BCUT2D eigenvalue weighted by molar-refractivity contribution is 6.01. The lowest BCUT2D eigenvalue weighted by Gasteiger charge is -2.28. The van der Waals surface area contributed by atoms with E-state index in [0.29, 0.717) is 12.8 Å². The fourth-order valence-electron chi connectivity index (χ4n) is 5.98. The zero-order valence-electron chi connectivity index (χ0n) is 28.5. The molecule has 0 aliphatic carbocycles. The molecular formula is C38H44N6O6. The number of H-pyrrole nitrogens is 1. The fraction of sp³-hybridized carbons (Fsp3) is 0.342. The van der Waals surface area contributed by atoms with E-state index < -0.39 is 54.1 Å². The average molecular weight is 681 g/mol. The maximum absolute atomic E-state index is 13.7. The molecule has 0 radical (unpaired) electrons. The molecule has 5 N–H and O–H groups in total. The van der Waals surface area contributed by atoms with E-state index in [0.717, 1.165) is 22.0 Å². The van der Waals surface area contributed by atoms with Crippen molar-refractivity contribution in [1.82, 2.24) is 31.2 Å². The van der Waals surface area contributed by atoms with Crippen molar-refractivity contribution in [3.63, 3.8) is 0 Å². The number of para-hydroxylation sites is 2. The van der Waals surface area contributed by atoms with Gasteiger partial charge in [-0.2, -0.15) is 0 Å². The first kappa shape index (κ1) is 35.7. The van der Waals surface area contributed by atoms with Gasteiger partial charge >= 0.3 is 0 Å². The third kappa shape index (κ3) is 9.28. The maximum Gasteiger partial charge on any atom is 0.255 e. The number of fused-ring (bicyclic) bond motifs is 2. The van der Waals surface area contributed by atoms with Crippen LogP contribution in [0, 0.1) is 5.92 Å². The number of aromatic amines is 1. The SMILES string of the molecule is CC(C)[C@@H]1NC(=O)C[C@@H](C(=O)NCCc2c[nH]c3ccccc23)NC(=O)c2ccccc2OC[C@@H](Cc2ccccc2)NC(=O)CN(C)C1=O. The second kappa shape index (κ2) is 16.6. The number of carbonyl (C=O) groups is 5. The Labute approximate surface area is 291 Å². The smallest absolute Gasteiger partial charge is 0.255 e. The summed E-state index contributed by atoms with van der Waals surface area (Å²) in [5, 5.41) is 12.3. The van der Waals surface area contributed by atoms with E-state index in [2.05, 4.69) is 26.3 Å². The van der Waals surface area contributed by atoms with Gasteiger partial charge in [0, 0.05) is 30.7 Å². The number of ether oxygens (including phenoxy) is 1. The van der Waals surface area contributed by atoms with Crippen LogP contribution in [0.4, 0.5) is 0 Å². The lowest BCUT2D eigenvalue weighted by atomic mass is 10.0. The number of benzene rings is 3. The molecule has 12 nitrogen and oxygen atoms in total. The molecular weight excluding hydrogens is 636 g/mol. The van der Waals surface area contributed by atoms with Crippen molar-refractivity contribution in [3.05, 3.63) is 102 Å². The molecule has 5 amide bonds. The Kier molecular flexibility index (Phi) is 11.9. The number of likely N-dealkylation sites (N-methyl/N-ethyl adjacent to an activating group) is 1. The van der Waals surface area contributed by atoms with Gasteiger partial charge in [-0.1, -0.05) is 74.5 Å². The number of nitrogens with zero attached hydrogens (tertiary/aromatic N) is 1. The maximum atomic E-state index is 13.7. The van der Waals surface area contributed by atoms with Gasteiger partial charge < -0.3 is 35.9 Å². The Bertz CT molecular complexity index is 1820. The summed E-state index contributed by atoms with van der Waals surface area (Å²) in [7, 11) is 1.50. The predicted octanol–water partition coefficient (Wildman–Crippen LogP) is 2.73. The van der Waals surface area contributed by atoms with Gasteiger partial charge in [0.15, 0.2) is 0 Å². The van der Waals surface area contributed by atoms with E-state index in [1.165, 1.54) is 11.9 Å². The molecule has 4 aromatic rings. The monoisotopic (exact) mass is 680 g/mol. The molecule has 1 aliphatic rings. The van der Waals surface area contributed by atoms with Crippen molar-refractivity contribution >= 4 is 40.4 Å². The highest BCUT2D eigenvalue weighted by atomic mass is 16.5. The van der Waals surface area contributed by atoms with Gasteiger partial charge in [-0.25, -0.2) is 0 Å². The van der Waals surface area contributed by atoms with Crippen LogP contribution in [0.2, 0.25) is 0 Å². The highest BCUT2D eigenvalue weighted by Gasteiger charge is 2.32. The molecule has 0 spiro atoms. The molecule has 262 valence electrons. The van der Waals surface area contributed by atoms with Crippen molar-refractivity contribution in [1.29, 1.82) is 0 Å². The predicted molar refractivity (Wildman–Crippen MR) is 189 cm³/mol. The molecule has 1 aromatic heterocycles. The van der Waals surface area contributed by atoms with Crippen molar-refractivity contribution in [3.8, 4) is 5.75 Å². The molecule has 3 atom stereocenters. The Hall–Kier alpha value is -5.65. The summed E-state index contributed by atoms with van der Waals surface area (Å²) in [6.45, 7) is 3.59. The summed E-state index contributed by atoms with van der Waals surface area (Å²) >= 11 is 0. The molecule has 3 aromatic carbocycles. The van der Waals surface area contributed by atoms with Gasteiger partial charge in [-0.15, -0.1) is 0 Å². The second-order valence-corrected chi connectivity index (χ2v) is 12.9. The second-order valence-electron chi connectivity index (χ2n) is 12.9.